The molecular formula is C3H7KO2. The molecule has 0 aromatic rings. The van der Waals surface area contributed by atoms with Crippen LogP contribution in [0.15, 0.2) is 0 Å². The molecular weight excluding hydrogens is 107 g/mol. The van der Waals surface area contributed by atoms with Crippen LogP contribution in [0.3, 0.4) is 0 Å². The molecule has 2 nitrogen and oxygen atoms in total. The SMILES string of the molecule is COC(C)[O-].[K+]. The Kier molecular flexibility index (Phi) is 11.5. The van der Waals surface area contributed by atoms with Crippen LogP contribution in [0.1, 0.15) is 6.92 Å². The van der Waals surface area contributed by atoms with Gasteiger partial charge in [0.25, 0.3) is 0 Å². The van der Waals surface area contributed by atoms with Crippen molar-refractivity contribution in [2.45, 2.75) is 13.2 Å². The number of hydrogen-bond donors (Lipinski definition) is 0. The molecule has 0 amide bonds. The predicted octanol–water partition coefficient (Wildman–Crippen LogP) is -3.66. The summed E-state index contributed by atoms with van der Waals surface area (Å²) in [4.78, 5) is 0. The smallest absolute Gasteiger partial charge is 0.831 e. The fraction of sp³-hybridized carbons (Fsp3) is 1.00. The molecule has 0 rings (SSSR count). The van der Waals surface area contributed by atoms with E-state index in [9.17, 15) is 5.11 Å². The first-order valence-corrected chi connectivity index (χ1v) is 1.46. The van der Waals surface area contributed by atoms with E-state index in [1.165, 1.54) is 14.0 Å². The van der Waals surface area contributed by atoms with E-state index >= 15 is 0 Å². The molecule has 0 bridgehead atoms. The van der Waals surface area contributed by atoms with E-state index in [0.717, 1.165) is 0 Å². The van der Waals surface area contributed by atoms with Gasteiger partial charge < -0.3 is 9.84 Å². The summed E-state index contributed by atoms with van der Waals surface area (Å²) in [5.74, 6) is 0. The Morgan fingerprint density at radius 1 is 1.67 bits per heavy atom. The van der Waals surface area contributed by atoms with E-state index in [4.69, 9.17) is 0 Å². The minimum Gasteiger partial charge on any atom is -0.831 e. The second-order valence-corrected chi connectivity index (χ2v) is 0.803. The zero-order valence-electron chi connectivity index (χ0n) is 4.39. The van der Waals surface area contributed by atoms with Crippen molar-refractivity contribution in [1.29, 1.82) is 0 Å². The summed E-state index contributed by atoms with van der Waals surface area (Å²) in [6, 6.07) is 0. The van der Waals surface area contributed by atoms with Gasteiger partial charge in [-0.05, 0) is 6.29 Å². The zero-order chi connectivity index (χ0) is 4.28. The van der Waals surface area contributed by atoms with Crippen LogP contribution in [0.25, 0.3) is 0 Å². The largest absolute Gasteiger partial charge is 1.00 e. The van der Waals surface area contributed by atoms with Gasteiger partial charge in [0.05, 0.1) is 0 Å². The Morgan fingerprint density at radius 3 is 1.83 bits per heavy atom. The molecule has 3 heteroatoms. The molecule has 0 spiro atoms. The van der Waals surface area contributed by atoms with E-state index in [0.29, 0.717) is 0 Å². The summed E-state index contributed by atoms with van der Waals surface area (Å²) < 4.78 is 4.19. The summed E-state index contributed by atoms with van der Waals surface area (Å²) in [6.07, 6.45) is -0.866. The maximum absolute atomic E-state index is 9.67. The van der Waals surface area contributed by atoms with Gasteiger partial charge in [0.2, 0.25) is 0 Å². The zero-order valence-corrected chi connectivity index (χ0v) is 7.52. The van der Waals surface area contributed by atoms with Crippen LogP contribution in [0, 0.1) is 0 Å². The first-order chi connectivity index (χ1) is 2.27. The van der Waals surface area contributed by atoms with Gasteiger partial charge in [0, 0.05) is 7.11 Å². The number of hydrogen-bond acceptors (Lipinski definition) is 2. The van der Waals surface area contributed by atoms with Crippen LogP contribution < -0.4 is 56.5 Å². The Balaban J connectivity index is 0. The molecule has 0 aliphatic rings. The number of rotatable bonds is 1. The van der Waals surface area contributed by atoms with Crippen molar-refractivity contribution in [3.05, 3.63) is 0 Å². The average Bonchev–Trinajstić information content (AvgIpc) is 1.38. The third kappa shape index (κ3) is 9.12. The second kappa shape index (κ2) is 6.56. The summed E-state index contributed by atoms with van der Waals surface area (Å²) >= 11 is 0. The molecule has 1 atom stereocenters. The van der Waals surface area contributed by atoms with Crippen molar-refractivity contribution < 1.29 is 61.2 Å². The Hall–Kier alpha value is 1.56. The van der Waals surface area contributed by atoms with E-state index in [2.05, 4.69) is 4.74 Å². The second-order valence-electron chi connectivity index (χ2n) is 0.803. The van der Waals surface area contributed by atoms with Gasteiger partial charge in [-0.1, -0.05) is 6.92 Å². The maximum Gasteiger partial charge on any atom is 1.00 e. The van der Waals surface area contributed by atoms with Crippen molar-refractivity contribution in [1.82, 2.24) is 0 Å². The molecule has 0 aromatic heterocycles. The van der Waals surface area contributed by atoms with Crippen LogP contribution in [0.5, 0.6) is 0 Å². The summed E-state index contributed by atoms with van der Waals surface area (Å²) in [5.41, 5.74) is 0. The van der Waals surface area contributed by atoms with Crippen LogP contribution in [0.4, 0.5) is 0 Å². The Morgan fingerprint density at radius 2 is 1.83 bits per heavy atom. The summed E-state index contributed by atoms with van der Waals surface area (Å²) in [7, 11) is 1.39. The standard InChI is InChI=1S/C3H7O2.K/c1-3(4)5-2;/h3H,1-2H3;/q-1;+1. The summed E-state index contributed by atoms with van der Waals surface area (Å²) in [6.45, 7) is 1.44. The molecule has 0 N–H and O–H groups in total. The topological polar surface area (TPSA) is 32.3 Å². The van der Waals surface area contributed by atoms with Gasteiger partial charge in [-0.2, -0.15) is 0 Å². The summed E-state index contributed by atoms with van der Waals surface area (Å²) in [5, 5.41) is 9.67. The molecule has 32 valence electrons. The monoisotopic (exact) mass is 114 g/mol. The Bertz CT molecular complexity index is 22.8. The van der Waals surface area contributed by atoms with Crippen LogP contribution in [-0.4, -0.2) is 13.4 Å². The van der Waals surface area contributed by atoms with E-state index in [1.807, 2.05) is 0 Å². The van der Waals surface area contributed by atoms with Gasteiger partial charge in [0.15, 0.2) is 0 Å². The molecule has 6 heavy (non-hydrogen) atoms. The Labute approximate surface area is 80.3 Å². The van der Waals surface area contributed by atoms with Crippen LogP contribution in [0.2, 0.25) is 0 Å². The third-order valence-corrected chi connectivity index (χ3v) is 0.332. The number of ether oxygens (including phenoxy) is 1. The molecule has 0 radical (unpaired) electrons. The van der Waals surface area contributed by atoms with Crippen molar-refractivity contribution in [2.24, 2.45) is 0 Å². The molecule has 0 fully saturated rings. The fourth-order valence-electron chi connectivity index (χ4n) is 0. The van der Waals surface area contributed by atoms with Gasteiger partial charge in [-0.3, -0.25) is 0 Å². The average molecular weight is 114 g/mol. The van der Waals surface area contributed by atoms with Crippen molar-refractivity contribution in [3.63, 3.8) is 0 Å². The normalized spacial score (nSPS) is 12.5. The van der Waals surface area contributed by atoms with Crippen molar-refractivity contribution in [3.8, 4) is 0 Å². The van der Waals surface area contributed by atoms with Crippen molar-refractivity contribution >= 4 is 0 Å². The van der Waals surface area contributed by atoms with Gasteiger partial charge >= 0.3 is 51.4 Å². The molecule has 0 aliphatic carbocycles. The predicted molar refractivity (Wildman–Crippen MR) is 16.5 cm³/mol. The molecule has 0 saturated heterocycles. The third-order valence-electron chi connectivity index (χ3n) is 0.332. The van der Waals surface area contributed by atoms with E-state index in [-0.39, 0.29) is 51.4 Å². The van der Waals surface area contributed by atoms with E-state index in [1.54, 1.807) is 0 Å². The van der Waals surface area contributed by atoms with Gasteiger partial charge in [-0.15, -0.1) is 0 Å². The molecule has 0 aromatic carbocycles. The van der Waals surface area contributed by atoms with Crippen LogP contribution in [-0.2, 0) is 4.74 Å². The first-order valence-electron chi connectivity index (χ1n) is 1.46. The molecule has 0 aliphatic heterocycles. The van der Waals surface area contributed by atoms with Gasteiger partial charge in [-0.25, -0.2) is 0 Å². The maximum atomic E-state index is 9.67. The minimum absolute atomic E-state index is 0. The van der Waals surface area contributed by atoms with Crippen LogP contribution >= 0.6 is 0 Å². The van der Waals surface area contributed by atoms with Crippen molar-refractivity contribution in [2.75, 3.05) is 7.11 Å². The number of methoxy groups -OCH3 is 1. The molecule has 0 heterocycles. The van der Waals surface area contributed by atoms with E-state index < -0.39 is 6.29 Å². The van der Waals surface area contributed by atoms with Gasteiger partial charge in [0.1, 0.15) is 0 Å². The molecule has 0 saturated carbocycles. The quantitative estimate of drug-likeness (QED) is 0.260. The fourth-order valence-corrected chi connectivity index (χ4v) is 0. The molecule has 1 unspecified atom stereocenters. The minimum atomic E-state index is -0.866. The first kappa shape index (κ1) is 10.5.